The second-order valence-corrected chi connectivity index (χ2v) is 4.30. The number of carboxylic acids is 1. The lowest BCUT2D eigenvalue weighted by Crippen LogP contribution is -2.32. The standard InChI is InChI=1S/C14H14N2O4/c1-16(8-12(17)18)14(19)13-11-7-10(20-2)4-3-9(11)5-6-15-13/h3-7H,8H2,1-2H3,(H,17,18). The molecule has 6 nitrogen and oxygen atoms in total. The Labute approximate surface area is 115 Å². The number of rotatable bonds is 4. The Kier molecular flexibility index (Phi) is 3.84. The number of benzene rings is 1. The zero-order valence-electron chi connectivity index (χ0n) is 11.2. The number of ether oxygens (including phenoxy) is 1. The van der Waals surface area contributed by atoms with Crippen molar-refractivity contribution in [1.82, 2.24) is 9.88 Å². The van der Waals surface area contributed by atoms with Gasteiger partial charge in [-0.3, -0.25) is 14.6 Å². The van der Waals surface area contributed by atoms with Crippen LogP contribution < -0.4 is 4.74 Å². The predicted molar refractivity (Wildman–Crippen MR) is 72.9 cm³/mol. The molecule has 1 heterocycles. The number of aromatic nitrogens is 1. The molecule has 0 radical (unpaired) electrons. The van der Waals surface area contributed by atoms with Crippen molar-refractivity contribution < 1.29 is 19.4 Å². The first-order chi connectivity index (χ1) is 9.52. The van der Waals surface area contributed by atoms with Gasteiger partial charge < -0.3 is 14.7 Å². The summed E-state index contributed by atoms with van der Waals surface area (Å²) in [5.41, 5.74) is 0.213. The summed E-state index contributed by atoms with van der Waals surface area (Å²) in [5.74, 6) is -0.898. The van der Waals surface area contributed by atoms with Crippen LogP contribution >= 0.6 is 0 Å². The fourth-order valence-electron chi connectivity index (χ4n) is 1.90. The van der Waals surface area contributed by atoms with E-state index in [1.54, 1.807) is 18.2 Å². The molecule has 0 saturated heterocycles. The fraction of sp³-hybridized carbons (Fsp3) is 0.214. The smallest absolute Gasteiger partial charge is 0.323 e. The highest BCUT2D eigenvalue weighted by atomic mass is 16.5. The van der Waals surface area contributed by atoms with Gasteiger partial charge >= 0.3 is 5.97 Å². The SMILES string of the molecule is COc1ccc2ccnc(C(=O)N(C)CC(=O)O)c2c1. The summed E-state index contributed by atoms with van der Waals surface area (Å²) in [6.45, 7) is -0.374. The number of fused-ring (bicyclic) bond motifs is 1. The molecule has 2 rings (SSSR count). The molecule has 2 aromatic rings. The van der Waals surface area contributed by atoms with E-state index < -0.39 is 11.9 Å². The number of carbonyl (C=O) groups excluding carboxylic acids is 1. The van der Waals surface area contributed by atoms with Crippen LogP contribution in [0.4, 0.5) is 0 Å². The number of methoxy groups -OCH3 is 1. The molecule has 0 bridgehead atoms. The van der Waals surface area contributed by atoms with Crippen molar-refractivity contribution in [2.24, 2.45) is 0 Å². The molecular weight excluding hydrogens is 260 g/mol. The van der Waals surface area contributed by atoms with Crippen molar-refractivity contribution in [3.8, 4) is 5.75 Å². The second-order valence-electron chi connectivity index (χ2n) is 4.30. The zero-order chi connectivity index (χ0) is 14.7. The summed E-state index contributed by atoms with van der Waals surface area (Å²) in [5, 5.41) is 10.2. The molecule has 0 aliphatic rings. The van der Waals surface area contributed by atoms with Crippen molar-refractivity contribution in [3.63, 3.8) is 0 Å². The lowest BCUT2D eigenvalue weighted by molar-refractivity contribution is -0.137. The molecule has 6 heteroatoms. The summed E-state index contributed by atoms with van der Waals surface area (Å²) in [7, 11) is 2.97. The monoisotopic (exact) mass is 274 g/mol. The Balaban J connectivity index is 2.47. The van der Waals surface area contributed by atoms with E-state index in [1.165, 1.54) is 20.4 Å². The molecular formula is C14H14N2O4. The highest BCUT2D eigenvalue weighted by molar-refractivity contribution is 6.06. The van der Waals surface area contributed by atoms with E-state index >= 15 is 0 Å². The third kappa shape index (κ3) is 2.69. The first-order valence-electron chi connectivity index (χ1n) is 5.93. The zero-order valence-corrected chi connectivity index (χ0v) is 11.2. The highest BCUT2D eigenvalue weighted by Crippen LogP contribution is 2.23. The van der Waals surface area contributed by atoms with Crippen LogP contribution in [-0.4, -0.2) is 47.6 Å². The number of aliphatic carboxylic acids is 1. The minimum absolute atomic E-state index is 0.213. The number of hydrogen-bond donors (Lipinski definition) is 1. The minimum Gasteiger partial charge on any atom is -0.497 e. The van der Waals surface area contributed by atoms with Gasteiger partial charge in [-0.05, 0) is 23.6 Å². The number of pyridine rings is 1. The number of hydrogen-bond acceptors (Lipinski definition) is 4. The maximum absolute atomic E-state index is 12.3. The van der Waals surface area contributed by atoms with E-state index in [0.717, 1.165) is 10.3 Å². The summed E-state index contributed by atoms with van der Waals surface area (Å²) in [6, 6.07) is 7.11. The highest BCUT2D eigenvalue weighted by Gasteiger charge is 2.18. The number of carbonyl (C=O) groups is 2. The molecule has 0 fully saturated rings. The average Bonchev–Trinajstić information content (AvgIpc) is 2.44. The van der Waals surface area contributed by atoms with Gasteiger partial charge in [-0.2, -0.15) is 0 Å². The minimum atomic E-state index is -1.07. The third-order valence-corrected chi connectivity index (χ3v) is 2.90. The van der Waals surface area contributed by atoms with Crippen molar-refractivity contribution in [1.29, 1.82) is 0 Å². The van der Waals surface area contributed by atoms with Gasteiger partial charge in [0.05, 0.1) is 7.11 Å². The van der Waals surface area contributed by atoms with Crippen molar-refractivity contribution >= 4 is 22.6 Å². The van der Waals surface area contributed by atoms with E-state index in [0.29, 0.717) is 11.1 Å². The van der Waals surface area contributed by atoms with Gasteiger partial charge in [0.2, 0.25) is 0 Å². The van der Waals surface area contributed by atoms with Gasteiger partial charge in [0.25, 0.3) is 5.91 Å². The Morgan fingerprint density at radius 1 is 1.35 bits per heavy atom. The number of carboxylic acid groups (broad SMARTS) is 1. The maximum atomic E-state index is 12.3. The van der Waals surface area contributed by atoms with Gasteiger partial charge in [-0.25, -0.2) is 0 Å². The summed E-state index contributed by atoms with van der Waals surface area (Å²) in [6.07, 6.45) is 1.52. The van der Waals surface area contributed by atoms with Crippen LogP contribution in [0.3, 0.4) is 0 Å². The molecule has 104 valence electrons. The predicted octanol–water partition coefficient (Wildman–Crippen LogP) is 1.40. The van der Waals surface area contributed by atoms with Crippen molar-refractivity contribution in [2.75, 3.05) is 20.7 Å². The Bertz CT molecular complexity index is 669. The molecule has 1 aromatic carbocycles. The van der Waals surface area contributed by atoms with Crippen LogP contribution in [-0.2, 0) is 4.79 Å². The lowest BCUT2D eigenvalue weighted by Gasteiger charge is -2.15. The molecule has 0 aliphatic carbocycles. The quantitative estimate of drug-likeness (QED) is 0.911. The molecule has 1 aromatic heterocycles. The van der Waals surface area contributed by atoms with Gasteiger partial charge in [0.1, 0.15) is 18.0 Å². The van der Waals surface area contributed by atoms with Crippen molar-refractivity contribution in [3.05, 3.63) is 36.2 Å². The van der Waals surface area contributed by atoms with Gasteiger partial charge in [-0.15, -0.1) is 0 Å². The summed E-state index contributed by atoms with van der Waals surface area (Å²) >= 11 is 0. The third-order valence-electron chi connectivity index (χ3n) is 2.90. The first-order valence-corrected chi connectivity index (χ1v) is 5.93. The molecule has 0 unspecified atom stereocenters. The number of likely N-dealkylation sites (N-methyl/N-ethyl adjacent to an activating group) is 1. The molecule has 0 atom stereocenters. The van der Waals surface area contributed by atoms with E-state index in [9.17, 15) is 9.59 Å². The Morgan fingerprint density at radius 2 is 2.10 bits per heavy atom. The average molecular weight is 274 g/mol. The number of nitrogens with zero attached hydrogens (tertiary/aromatic N) is 2. The van der Waals surface area contributed by atoms with Crippen molar-refractivity contribution in [2.45, 2.75) is 0 Å². The number of amides is 1. The molecule has 0 spiro atoms. The van der Waals surface area contributed by atoms with E-state index in [2.05, 4.69) is 4.98 Å². The lowest BCUT2D eigenvalue weighted by atomic mass is 10.1. The summed E-state index contributed by atoms with van der Waals surface area (Å²) in [4.78, 5) is 28.1. The van der Waals surface area contributed by atoms with Crippen LogP contribution in [0.1, 0.15) is 10.5 Å². The van der Waals surface area contributed by atoms with Crippen LogP contribution in [0.2, 0.25) is 0 Å². The van der Waals surface area contributed by atoms with Crippen LogP contribution in [0, 0.1) is 0 Å². The van der Waals surface area contributed by atoms with Gasteiger partial charge in [-0.1, -0.05) is 6.07 Å². The largest absolute Gasteiger partial charge is 0.497 e. The Hall–Kier alpha value is -2.63. The molecule has 0 saturated carbocycles. The van der Waals surface area contributed by atoms with E-state index in [-0.39, 0.29) is 12.2 Å². The molecule has 0 aliphatic heterocycles. The van der Waals surface area contributed by atoms with E-state index in [1.807, 2.05) is 6.07 Å². The van der Waals surface area contributed by atoms with E-state index in [4.69, 9.17) is 9.84 Å². The first kappa shape index (κ1) is 13.8. The topological polar surface area (TPSA) is 79.7 Å². The maximum Gasteiger partial charge on any atom is 0.323 e. The second kappa shape index (κ2) is 5.56. The molecule has 1 N–H and O–H groups in total. The molecule has 1 amide bonds. The fourth-order valence-corrected chi connectivity index (χ4v) is 1.90. The Morgan fingerprint density at radius 3 is 2.75 bits per heavy atom. The summed E-state index contributed by atoms with van der Waals surface area (Å²) < 4.78 is 5.14. The van der Waals surface area contributed by atoms with Crippen LogP contribution in [0.25, 0.3) is 10.8 Å². The van der Waals surface area contributed by atoms with Crippen LogP contribution in [0.5, 0.6) is 5.75 Å². The normalized spacial score (nSPS) is 10.3. The van der Waals surface area contributed by atoms with Gasteiger partial charge in [0.15, 0.2) is 0 Å². The van der Waals surface area contributed by atoms with Crippen LogP contribution in [0.15, 0.2) is 30.5 Å². The molecule has 20 heavy (non-hydrogen) atoms. The van der Waals surface area contributed by atoms with Gasteiger partial charge in [0, 0.05) is 18.6 Å².